The number of halogens is 1. The summed E-state index contributed by atoms with van der Waals surface area (Å²) in [7, 11) is 0. The number of aliphatic hydroxyl groups excluding tert-OH is 1. The normalized spacial score (nSPS) is 22.7. The molecule has 0 spiro atoms. The first-order chi connectivity index (χ1) is 9.04. The molecular weight excluding hydrogens is 257 g/mol. The molecule has 1 unspecified atom stereocenters. The van der Waals surface area contributed by atoms with E-state index in [4.69, 9.17) is 15.2 Å². The number of hydrogen-bond donors (Lipinski definition) is 2. The van der Waals surface area contributed by atoms with E-state index in [1.165, 1.54) is 12.3 Å². The van der Waals surface area contributed by atoms with Crippen molar-refractivity contribution in [2.45, 2.75) is 19.1 Å². The van der Waals surface area contributed by atoms with E-state index >= 15 is 0 Å². The molecule has 1 aliphatic heterocycles. The number of anilines is 1. The zero-order valence-electron chi connectivity index (χ0n) is 10.2. The molecule has 0 radical (unpaired) electrons. The van der Waals surface area contributed by atoms with Crippen LogP contribution < -0.4 is 11.4 Å². The predicted molar refractivity (Wildman–Crippen MR) is 64.6 cm³/mol. The standard InChI is InChI=1S/C11H14FN3O4/c1-2-18-5-6-9(16)8(12)10(19-6)15-4-3-7(13)14-11(15)17/h3-4,6,9,16H,2,5H2,1H3,(H2,13,14,17)/t6?,9-/m0/s1. The molecule has 3 N–H and O–H groups in total. The SMILES string of the molecule is CCOCC1OC(n2ccc(N)nc2=O)=C(F)[C@H]1O. The first-order valence-corrected chi connectivity index (χ1v) is 5.72. The second-order valence-electron chi connectivity index (χ2n) is 3.92. The monoisotopic (exact) mass is 271 g/mol. The lowest BCUT2D eigenvalue weighted by atomic mass is 10.2. The van der Waals surface area contributed by atoms with Crippen molar-refractivity contribution in [2.24, 2.45) is 0 Å². The molecule has 2 heterocycles. The van der Waals surface area contributed by atoms with Crippen molar-refractivity contribution >= 4 is 11.7 Å². The number of nitrogens with zero attached hydrogens (tertiary/aromatic N) is 2. The average molecular weight is 271 g/mol. The first-order valence-electron chi connectivity index (χ1n) is 5.72. The van der Waals surface area contributed by atoms with Crippen molar-refractivity contribution in [3.63, 3.8) is 0 Å². The fourth-order valence-electron chi connectivity index (χ4n) is 1.66. The van der Waals surface area contributed by atoms with Crippen LogP contribution in [0.5, 0.6) is 0 Å². The van der Waals surface area contributed by atoms with Crippen LogP contribution in [-0.4, -0.2) is 40.1 Å². The van der Waals surface area contributed by atoms with Gasteiger partial charge < -0.3 is 20.3 Å². The number of aliphatic hydroxyl groups is 1. The van der Waals surface area contributed by atoms with Gasteiger partial charge in [-0.3, -0.25) is 0 Å². The lowest BCUT2D eigenvalue weighted by Crippen LogP contribution is -2.29. The molecule has 2 atom stereocenters. The average Bonchev–Trinajstić information content (AvgIpc) is 2.64. The molecule has 0 amide bonds. The van der Waals surface area contributed by atoms with Gasteiger partial charge in [0.05, 0.1) is 6.61 Å². The highest BCUT2D eigenvalue weighted by molar-refractivity contribution is 5.46. The van der Waals surface area contributed by atoms with E-state index in [1.54, 1.807) is 6.92 Å². The summed E-state index contributed by atoms with van der Waals surface area (Å²) in [4.78, 5) is 15.0. The van der Waals surface area contributed by atoms with Crippen LogP contribution in [0.3, 0.4) is 0 Å². The lowest BCUT2D eigenvalue weighted by molar-refractivity contribution is -0.00887. The van der Waals surface area contributed by atoms with Crippen molar-refractivity contribution in [1.82, 2.24) is 9.55 Å². The van der Waals surface area contributed by atoms with Crippen molar-refractivity contribution in [3.8, 4) is 0 Å². The number of rotatable bonds is 4. The van der Waals surface area contributed by atoms with Gasteiger partial charge in [-0.25, -0.2) is 13.8 Å². The van der Waals surface area contributed by atoms with E-state index in [0.717, 1.165) is 4.57 Å². The number of nitrogens with two attached hydrogens (primary N) is 1. The molecule has 1 aliphatic rings. The van der Waals surface area contributed by atoms with E-state index in [0.29, 0.717) is 6.61 Å². The van der Waals surface area contributed by atoms with E-state index < -0.39 is 23.7 Å². The third kappa shape index (κ3) is 2.59. The maximum atomic E-state index is 13.9. The second-order valence-corrected chi connectivity index (χ2v) is 3.92. The minimum Gasteiger partial charge on any atom is -0.468 e. The fourth-order valence-corrected chi connectivity index (χ4v) is 1.66. The minimum atomic E-state index is -1.47. The molecule has 2 rings (SSSR count). The Morgan fingerprint density at radius 2 is 2.42 bits per heavy atom. The maximum absolute atomic E-state index is 13.9. The van der Waals surface area contributed by atoms with E-state index in [-0.39, 0.29) is 18.3 Å². The first kappa shape index (κ1) is 13.5. The molecule has 0 saturated carbocycles. The zero-order valence-corrected chi connectivity index (χ0v) is 10.2. The summed E-state index contributed by atoms with van der Waals surface area (Å²) in [6.45, 7) is 2.19. The predicted octanol–water partition coefficient (Wildman–Crippen LogP) is -0.283. The smallest absolute Gasteiger partial charge is 0.356 e. The highest BCUT2D eigenvalue weighted by atomic mass is 19.1. The van der Waals surface area contributed by atoms with Gasteiger partial charge in [0.25, 0.3) is 0 Å². The summed E-state index contributed by atoms with van der Waals surface area (Å²) < 4.78 is 25.0. The van der Waals surface area contributed by atoms with Gasteiger partial charge in [-0.05, 0) is 13.0 Å². The van der Waals surface area contributed by atoms with Gasteiger partial charge in [0.1, 0.15) is 11.9 Å². The number of ether oxygens (including phenoxy) is 2. The van der Waals surface area contributed by atoms with Gasteiger partial charge in [0, 0.05) is 12.8 Å². The summed E-state index contributed by atoms with van der Waals surface area (Å²) in [6, 6.07) is 1.33. The molecule has 1 aromatic rings. The fraction of sp³-hybridized carbons (Fsp3) is 0.455. The molecule has 1 aromatic heterocycles. The van der Waals surface area contributed by atoms with Crippen molar-refractivity contribution < 1.29 is 19.0 Å². The van der Waals surface area contributed by atoms with Gasteiger partial charge in [0.2, 0.25) is 5.88 Å². The zero-order chi connectivity index (χ0) is 14.0. The number of hydrogen-bond acceptors (Lipinski definition) is 6. The number of nitrogen functional groups attached to an aromatic ring is 1. The molecule has 0 bridgehead atoms. The largest absolute Gasteiger partial charge is 0.468 e. The Bertz CT molecular complexity index is 557. The van der Waals surface area contributed by atoms with Crippen LogP contribution in [0.25, 0.3) is 5.88 Å². The third-order valence-electron chi connectivity index (χ3n) is 2.61. The van der Waals surface area contributed by atoms with Crippen molar-refractivity contribution in [2.75, 3.05) is 18.9 Å². The summed E-state index contributed by atoms with van der Waals surface area (Å²) in [5.41, 5.74) is 4.55. The maximum Gasteiger partial charge on any atom is 0.356 e. The molecule has 0 fully saturated rings. The van der Waals surface area contributed by atoms with Gasteiger partial charge in [-0.1, -0.05) is 0 Å². The summed E-state index contributed by atoms with van der Waals surface area (Å²) in [5.74, 6) is -1.29. The van der Waals surface area contributed by atoms with E-state index in [1.807, 2.05) is 0 Å². The van der Waals surface area contributed by atoms with Gasteiger partial charge in [0.15, 0.2) is 11.9 Å². The minimum absolute atomic E-state index is 0.0196. The molecule has 19 heavy (non-hydrogen) atoms. The Morgan fingerprint density at radius 3 is 3.05 bits per heavy atom. The Labute approximate surface area is 108 Å². The van der Waals surface area contributed by atoms with Crippen LogP contribution in [0.4, 0.5) is 10.2 Å². The Morgan fingerprint density at radius 1 is 1.68 bits per heavy atom. The van der Waals surface area contributed by atoms with Crippen LogP contribution in [0.2, 0.25) is 0 Å². The van der Waals surface area contributed by atoms with Crippen LogP contribution in [0, 0.1) is 0 Å². The molecule has 7 nitrogen and oxygen atoms in total. The van der Waals surface area contributed by atoms with Crippen LogP contribution >= 0.6 is 0 Å². The van der Waals surface area contributed by atoms with Crippen molar-refractivity contribution in [1.29, 1.82) is 0 Å². The van der Waals surface area contributed by atoms with Crippen LogP contribution in [0.1, 0.15) is 6.92 Å². The molecule has 0 aromatic carbocycles. The van der Waals surface area contributed by atoms with Crippen LogP contribution in [-0.2, 0) is 9.47 Å². The molecular formula is C11H14FN3O4. The lowest BCUT2D eigenvalue weighted by Gasteiger charge is -2.15. The van der Waals surface area contributed by atoms with Gasteiger partial charge in [-0.2, -0.15) is 4.98 Å². The van der Waals surface area contributed by atoms with Gasteiger partial charge >= 0.3 is 5.69 Å². The molecule has 0 aliphatic carbocycles. The Hall–Kier alpha value is -1.93. The number of aromatic nitrogens is 2. The molecule has 104 valence electrons. The van der Waals surface area contributed by atoms with Crippen molar-refractivity contribution in [3.05, 3.63) is 28.6 Å². The van der Waals surface area contributed by atoms with E-state index in [9.17, 15) is 14.3 Å². The highest BCUT2D eigenvalue weighted by Crippen LogP contribution is 2.29. The highest BCUT2D eigenvalue weighted by Gasteiger charge is 2.37. The van der Waals surface area contributed by atoms with E-state index in [2.05, 4.69) is 4.98 Å². The Balaban J connectivity index is 2.27. The topological polar surface area (TPSA) is 99.6 Å². The second kappa shape index (κ2) is 5.37. The quantitative estimate of drug-likeness (QED) is 0.781. The Kier molecular flexibility index (Phi) is 3.82. The molecule has 0 saturated heterocycles. The van der Waals surface area contributed by atoms with Gasteiger partial charge in [-0.15, -0.1) is 0 Å². The molecule has 8 heteroatoms. The summed E-state index contributed by atoms with van der Waals surface area (Å²) >= 11 is 0. The summed E-state index contributed by atoms with van der Waals surface area (Å²) in [6.07, 6.45) is -1.12. The van der Waals surface area contributed by atoms with Crippen LogP contribution in [0.15, 0.2) is 22.9 Å². The summed E-state index contributed by atoms with van der Waals surface area (Å²) in [5, 5.41) is 9.66. The third-order valence-corrected chi connectivity index (χ3v) is 2.61.